The molecule has 1 aromatic rings. The fourth-order valence-corrected chi connectivity index (χ4v) is 2.66. The summed E-state index contributed by atoms with van der Waals surface area (Å²) in [6.45, 7) is 4.15. The van der Waals surface area contributed by atoms with Crippen molar-refractivity contribution in [1.29, 1.82) is 0 Å². The lowest BCUT2D eigenvalue weighted by Crippen LogP contribution is -2.48. The topological polar surface area (TPSA) is 82.5 Å². The summed E-state index contributed by atoms with van der Waals surface area (Å²) >= 11 is 0. The molecule has 108 valence electrons. The number of aromatic nitrogens is 1. The van der Waals surface area contributed by atoms with Crippen LogP contribution in [-0.4, -0.2) is 64.3 Å². The first-order chi connectivity index (χ1) is 9.63. The average Bonchev–Trinajstić information content (AvgIpc) is 3.15. The highest BCUT2D eigenvalue weighted by molar-refractivity contribution is 5.96. The van der Waals surface area contributed by atoms with Crippen LogP contribution in [0.1, 0.15) is 23.3 Å². The van der Waals surface area contributed by atoms with Crippen LogP contribution in [0, 0.1) is 10.1 Å². The first-order valence-corrected chi connectivity index (χ1v) is 6.96. The van der Waals surface area contributed by atoms with Crippen LogP contribution < -0.4 is 0 Å². The largest absolute Gasteiger partial charge is 0.353 e. The molecule has 0 bridgehead atoms. The fourth-order valence-electron chi connectivity index (χ4n) is 2.66. The molecule has 1 saturated carbocycles. The number of carbonyl (C=O) groups excluding carboxylic acids is 1. The van der Waals surface area contributed by atoms with Gasteiger partial charge in [0.25, 0.3) is 5.69 Å². The van der Waals surface area contributed by atoms with Gasteiger partial charge in [0.15, 0.2) is 5.78 Å². The second-order valence-electron chi connectivity index (χ2n) is 5.50. The maximum atomic E-state index is 12.1. The number of hydrogen-bond acceptors (Lipinski definition) is 5. The number of aromatic amines is 1. The Labute approximate surface area is 116 Å². The SMILES string of the molecule is O=C(CN1CCN(C2CC2)CC1)c1cc([N+](=O)[O-])c[nH]1. The molecule has 0 unspecified atom stereocenters. The number of hydrogen-bond donors (Lipinski definition) is 1. The number of Topliss-reactive ketones (excluding diaryl/α,β-unsaturated/α-hetero) is 1. The van der Waals surface area contributed by atoms with Crippen molar-refractivity contribution in [2.75, 3.05) is 32.7 Å². The minimum Gasteiger partial charge on any atom is -0.353 e. The smallest absolute Gasteiger partial charge is 0.287 e. The van der Waals surface area contributed by atoms with Crippen molar-refractivity contribution in [3.05, 3.63) is 28.1 Å². The molecular weight excluding hydrogens is 260 g/mol. The quantitative estimate of drug-likeness (QED) is 0.491. The molecule has 1 aliphatic heterocycles. The van der Waals surface area contributed by atoms with Gasteiger partial charge in [-0.25, -0.2) is 0 Å². The molecule has 2 aliphatic rings. The molecule has 2 heterocycles. The van der Waals surface area contributed by atoms with Gasteiger partial charge in [-0.3, -0.25) is 24.7 Å². The Kier molecular flexibility index (Phi) is 3.54. The van der Waals surface area contributed by atoms with Crippen molar-refractivity contribution in [1.82, 2.24) is 14.8 Å². The molecular formula is C13H18N4O3. The molecule has 2 fully saturated rings. The summed E-state index contributed by atoms with van der Waals surface area (Å²) in [5.41, 5.74) is 0.258. The Morgan fingerprint density at radius 2 is 2.05 bits per heavy atom. The second kappa shape index (κ2) is 5.34. The number of rotatable bonds is 5. The number of H-pyrrole nitrogens is 1. The van der Waals surface area contributed by atoms with Crippen LogP contribution in [0.25, 0.3) is 0 Å². The maximum Gasteiger partial charge on any atom is 0.287 e. The normalized spacial score (nSPS) is 21.0. The Morgan fingerprint density at radius 3 is 2.60 bits per heavy atom. The predicted octanol–water partition coefficient (Wildman–Crippen LogP) is 0.886. The van der Waals surface area contributed by atoms with E-state index in [0.717, 1.165) is 32.2 Å². The molecule has 7 nitrogen and oxygen atoms in total. The molecule has 1 aliphatic carbocycles. The van der Waals surface area contributed by atoms with E-state index in [1.807, 2.05) is 0 Å². The zero-order valence-electron chi connectivity index (χ0n) is 11.2. The Morgan fingerprint density at radius 1 is 1.35 bits per heavy atom. The lowest BCUT2D eigenvalue weighted by atomic mass is 10.2. The summed E-state index contributed by atoms with van der Waals surface area (Å²) in [7, 11) is 0. The third kappa shape index (κ3) is 2.88. The third-order valence-corrected chi connectivity index (χ3v) is 4.02. The van der Waals surface area contributed by atoms with Crippen molar-refractivity contribution in [2.24, 2.45) is 0 Å². The van der Waals surface area contributed by atoms with Crippen molar-refractivity contribution >= 4 is 11.5 Å². The maximum absolute atomic E-state index is 12.1. The van der Waals surface area contributed by atoms with E-state index in [4.69, 9.17) is 0 Å². The molecule has 0 aromatic carbocycles. The van der Waals surface area contributed by atoms with Gasteiger partial charge >= 0.3 is 0 Å². The Hall–Kier alpha value is -1.73. The molecule has 7 heteroatoms. The highest BCUT2D eigenvalue weighted by Gasteiger charge is 2.31. The minimum absolute atomic E-state index is 0.0631. The number of ketones is 1. The number of piperazine rings is 1. The van der Waals surface area contributed by atoms with Gasteiger partial charge in [0.1, 0.15) is 0 Å². The van der Waals surface area contributed by atoms with Crippen LogP contribution in [0.5, 0.6) is 0 Å². The summed E-state index contributed by atoms with van der Waals surface area (Å²) in [5.74, 6) is -0.0852. The zero-order valence-corrected chi connectivity index (χ0v) is 11.2. The van der Waals surface area contributed by atoms with Gasteiger partial charge in [0.05, 0.1) is 23.4 Å². The third-order valence-electron chi connectivity index (χ3n) is 4.02. The monoisotopic (exact) mass is 278 g/mol. The lowest BCUT2D eigenvalue weighted by molar-refractivity contribution is -0.384. The highest BCUT2D eigenvalue weighted by atomic mass is 16.6. The summed E-state index contributed by atoms with van der Waals surface area (Å²) in [6.07, 6.45) is 3.88. The van der Waals surface area contributed by atoms with Crippen LogP contribution in [-0.2, 0) is 0 Å². The molecule has 0 atom stereocenters. The highest BCUT2D eigenvalue weighted by Crippen LogP contribution is 2.27. The van der Waals surface area contributed by atoms with Gasteiger partial charge in [-0.1, -0.05) is 0 Å². The zero-order chi connectivity index (χ0) is 14.1. The van der Waals surface area contributed by atoms with E-state index in [9.17, 15) is 14.9 Å². The first-order valence-electron chi connectivity index (χ1n) is 6.96. The van der Waals surface area contributed by atoms with E-state index in [2.05, 4.69) is 14.8 Å². The molecule has 0 spiro atoms. The standard InChI is InChI=1S/C13H18N4O3/c18-13(12-7-11(8-14-12)17(19)20)9-15-3-5-16(6-4-15)10-1-2-10/h7-8,10,14H,1-6,9H2. The second-order valence-corrected chi connectivity index (χ2v) is 5.50. The van der Waals surface area contributed by atoms with Gasteiger partial charge in [0.2, 0.25) is 0 Å². The average molecular weight is 278 g/mol. The van der Waals surface area contributed by atoms with E-state index < -0.39 is 4.92 Å². The predicted molar refractivity (Wildman–Crippen MR) is 72.8 cm³/mol. The number of carbonyl (C=O) groups is 1. The number of nitrogens with zero attached hydrogens (tertiary/aromatic N) is 3. The lowest BCUT2D eigenvalue weighted by Gasteiger charge is -2.34. The summed E-state index contributed by atoms with van der Waals surface area (Å²) in [6, 6.07) is 2.09. The first kappa shape index (κ1) is 13.3. The van der Waals surface area contributed by atoms with Crippen molar-refractivity contribution in [2.45, 2.75) is 18.9 Å². The summed E-state index contributed by atoms with van der Waals surface area (Å²) in [5, 5.41) is 10.6. The summed E-state index contributed by atoms with van der Waals surface area (Å²) in [4.78, 5) is 29.5. The van der Waals surface area contributed by atoms with Crippen LogP contribution in [0.15, 0.2) is 12.3 Å². The van der Waals surface area contributed by atoms with E-state index in [0.29, 0.717) is 12.2 Å². The molecule has 20 heavy (non-hydrogen) atoms. The van der Waals surface area contributed by atoms with Crippen LogP contribution in [0.3, 0.4) is 0 Å². The van der Waals surface area contributed by atoms with Crippen LogP contribution >= 0.6 is 0 Å². The Balaban J connectivity index is 1.52. The van der Waals surface area contributed by atoms with Crippen molar-refractivity contribution < 1.29 is 9.72 Å². The van der Waals surface area contributed by atoms with Gasteiger partial charge < -0.3 is 4.98 Å². The van der Waals surface area contributed by atoms with Gasteiger partial charge in [-0.2, -0.15) is 0 Å². The fraction of sp³-hybridized carbons (Fsp3) is 0.615. The molecule has 1 saturated heterocycles. The van der Waals surface area contributed by atoms with Gasteiger partial charge in [-0.05, 0) is 12.8 Å². The van der Waals surface area contributed by atoms with Crippen molar-refractivity contribution in [3.8, 4) is 0 Å². The van der Waals surface area contributed by atoms with Crippen LogP contribution in [0.4, 0.5) is 5.69 Å². The van der Waals surface area contributed by atoms with E-state index in [1.54, 1.807) is 0 Å². The van der Waals surface area contributed by atoms with E-state index in [1.165, 1.54) is 25.1 Å². The number of nitro groups is 1. The molecule has 0 radical (unpaired) electrons. The number of nitrogens with one attached hydrogen (secondary N) is 1. The minimum atomic E-state index is -0.498. The van der Waals surface area contributed by atoms with E-state index >= 15 is 0 Å². The van der Waals surface area contributed by atoms with E-state index in [-0.39, 0.29) is 11.5 Å². The molecule has 3 rings (SSSR count). The molecule has 1 N–H and O–H groups in total. The van der Waals surface area contributed by atoms with Gasteiger partial charge in [-0.15, -0.1) is 0 Å². The van der Waals surface area contributed by atoms with Gasteiger partial charge in [0, 0.05) is 38.3 Å². The summed E-state index contributed by atoms with van der Waals surface area (Å²) < 4.78 is 0. The Bertz CT molecular complexity index is 515. The van der Waals surface area contributed by atoms with Crippen LogP contribution in [0.2, 0.25) is 0 Å². The molecule has 0 amide bonds. The molecule has 1 aromatic heterocycles. The van der Waals surface area contributed by atoms with Crippen molar-refractivity contribution in [3.63, 3.8) is 0 Å².